The first kappa shape index (κ1) is 8.78. The van der Waals surface area contributed by atoms with Gasteiger partial charge in [-0.1, -0.05) is 0 Å². The summed E-state index contributed by atoms with van der Waals surface area (Å²) in [7, 11) is 1.34. The van der Waals surface area contributed by atoms with Gasteiger partial charge in [0, 0.05) is 5.75 Å². The molecule has 0 aliphatic rings. The SMILES string of the molecule is COC(=O)[C@H](N)CSC. The van der Waals surface area contributed by atoms with Gasteiger partial charge in [0.25, 0.3) is 0 Å². The van der Waals surface area contributed by atoms with Crippen LogP contribution >= 0.6 is 11.8 Å². The molecule has 54 valence electrons. The molecule has 2 N–H and O–H groups in total. The Morgan fingerprint density at radius 2 is 2.44 bits per heavy atom. The normalized spacial score (nSPS) is 12.8. The molecule has 0 spiro atoms. The summed E-state index contributed by atoms with van der Waals surface area (Å²) < 4.78 is 4.39. The van der Waals surface area contributed by atoms with E-state index in [0.717, 1.165) is 0 Å². The van der Waals surface area contributed by atoms with Crippen LogP contribution in [0, 0.1) is 0 Å². The number of nitrogens with two attached hydrogens (primary N) is 1. The van der Waals surface area contributed by atoms with E-state index < -0.39 is 6.04 Å². The van der Waals surface area contributed by atoms with Gasteiger partial charge in [0.05, 0.1) is 7.11 Å². The number of esters is 1. The van der Waals surface area contributed by atoms with Crippen LogP contribution in [0.3, 0.4) is 0 Å². The Kier molecular flexibility index (Phi) is 4.53. The summed E-state index contributed by atoms with van der Waals surface area (Å²) in [5.74, 6) is 0.275. The van der Waals surface area contributed by atoms with Gasteiger partial charge in [0.2, 0.25) is 0 Å². The van der Waals surface area contributed by atoms with Crippen LogP contribution in [0.25, 0.3) is 0 Å². The number of methoxy groups -OCH3 is 1. The number of carbonyl (C=O) groups excluding carboxylic acids is 1. The van der Waals surface area contributed by atoms with Crippen LogP contribution in [0.5, 0.6) is 0 Å². The minimum Gasteiger partial charge on any atom is -0.468 e. The van der Waals surface area contributed by atoms with Crippen molar-refractivity contribution < 1.29 is 9.53 Å². The number of ether oxygens (including phenoxy) is 1. The van der Waals surface area contributed by atoms with Gasteiger partial charge in [0.15, 0.2) is 0 Å². The molecule has 0 saturated carbocycles. The molecular formula is C5H11NO2S. The van der Waals surface area contributed by atoms with E-state index in [1.165, 1.54) is 18.9 Å². The van der Waals surface area contributed by atoms with Crippen LogP contribution < -0.4 is 5.73 Å². The molecular weight excluding hydrogens is 138 g/mol. The van der Waals surface area contributed by atoms with Crippen molar-refractivity contribution in [3.63, 3.8) is 0 Å². The summed E-state index contributed by atoms with van der Waals surface area (Å²) in [5.41, 5.74) is 5.34. The average Bonchev–Trinajstić information content (AvgIpc) is 1.87. The highest BCUT2D eigenvalue weighted by atomic mass is 32.2. The quantitative estimate of drug-likeness (QED) is 0.567. The summed E-state index contributed by atoms with van der Waals surface area (Å²) in [5, 5.41) is 0. The first-order valence-corrected chi connectivity index (χ1v) is 3.94. The molecule has 0 aliphatic carbocycles. The van der Waals surface area contributed by atoms with E-state index in [1.54, 1.807) is 0 Å². The third kappa shape index (κ3) is 3.37. The van der Waals surface area contributed by atoms with Crippen molar-refractivity contribution in [1.82, 2.24) is 0 Å². The van der Waals surface area contributed by atoms with Crippen molar-refractivity contribution in [2.45, 2.75) is 6.04 Å². The number of rotatable bonds is 3. The zero-order valence-corrected chi connectivity index (χ0v) is 6.40. The highest BCUT2D eigenvalue weighted by Gasteiger charge is 2.11. The second-order valence-corrected chi connectivity index (χ2v) is 2.50. The minimum atomic E-state index is -0.468. The Bertz CT molecular complexity index is 97.0. The summed E-state index contributed by atoms with van der Waals surface area (Å²) >= 11 is 1.53. The molecule has 0 heterocycles. The maximum absolute atomic E-state index is 10.5. The molecule has 3 nitrogen and oxygen atoms in total. The first-order chi connectivity index (χ1) is 4.22. The smallest absolute Gasteiger partial charge is 0.323 e. The third-order valence-electron chi connectivity index (χ3n) is 0.850. The molecule has 0 radical (unpaired) electrons. The van der Waals surface area contributed by atoms with E-state index in [1.807, 2.05) is 6.26 Å². The van der Waals surface area contributed by atoms with E-state index in [2.05, 4.69) is 4.74 Å². The largest absolute Gasteiger partial charge is 0.468 e. The lowest BCUT2D eigenvalue weighted by Crippen LogP contribution is -2.33. The highest BCUT2D eigenvalue weighted by Crippen LogP contribution is 1.95. The zero-order chi connectivity index (χ0) is 7.28. The molecule has 9 heavy (non-hydrogen) atoms. The summed E-state index contributed by atoms with van der Waals surface area (Å²) in [4.78, 5) is 10.5. The fourth-order valence-corrected chi connectivity index (χ4v) is 0.894. The molecule has 0 fully saturated rings. The highest BCUT2D eigenvalue weighted by molar-refractivity contribution is 7.98. The van der Waals surface area contributed by atoms with Crippen molar-refractivity contribution in [1.29, 1.82) is 0 Å². The van der Waals surface area contributed by atoms with Gasteiger partial charge in [-0.2, -0.15) is 11.8 Å². The Hall–Kier alpha value is -0.220. The second kappa shape index (κ2) is 4.64. The molecule has 0 amide bonds. The zero-order valence-electron chi connectivity index (χ0n) is 5.59. The van der Waals surface area contributed by atoms with Crippen LogP contribution in [0.15, 0.2) is 0 Å². The molecule has 1 atom stereocenters. The molecule has 0 aliphatic heterocycles. The number of hydrogen-bond acceptors (Lipinski definition) is 4. The summed E-state index contributed by atoms with van der Waals surface area (Å²) in [6.45, 7) is 0. The van der Waals surface area contributed by atoms with Crippen molar-refractivity contribution in [3.8, 4) is 0 Å². The number of hydrogen-bond donors (Lipinski definition) is 1. The van der Waals surface area contributed by atoms with Crippen LogP contribution in [0.2, 0.25) is 0 Å². The Balaban J connectivity index is 3.45. The lowest BCUT2D eigenvalue weighted by molar-refractivity contribution is -0.141. The topological polar surface area (TPSA) is 52.3 Å². The fourth-order valence-electron chi connectivity index (χ4n) is 0.399. The van der Waals surface area contributed by atoms with Gasteiger partial charge in [-0.15, -0.1) is 0 Å². The van der Waals surface area contributed by atoms with E-state index in [4.69, 9.17) is 5.73 Å². The van der Waals surface area contributed by atoms with Gasteiger partial charge in [-0.25, -0.2) is 0 Å². The molecule has 0 aromatic carbocycles. The lowest BCUT2D eigenvalue weighted by atomic mass is 10.4. The predicted octanol–water partition coefficient (Wildman–Crippen LogP) is -0.150. The summed E-state index contributed by atoms with van der Waals surface area (Å²) in [6.07, 6.45) is 1.89. The molecule has 0 unspecified atom stereocenters. The van der Waals surface area contributed by atoms with Crippen LogP contribution in [-0.2, 0) is 9.53 Å². The van der Waals surface area contributed by atoms with Crippen molar-refractivity contribution in [2.24, 2.45) is 5.73 Å². The van der Waals surface area contributed by atoms with Gasteiger partial charge in [-0.3, -0.25) is 4.79 Å². The molecule has 0 bridgehead atoms. The van der Waals surface area contributed by atoms with E-state index in [-0.39, 0.29) is 5.97 Å². The fraction of sp³-hybridized carbons (Fsp3) is 0.800. The third-order valence-corrected chi connectivity index (χ3v) is 1.54. The van der Waals surface area contributed by atoms with Crippen molar-refractivity contribution in [2.75, 3.05) is 19.1 Å². The van der Waals surface area contributed by atoms with Crippen molar-refractivity contribution >= 4 is 17.7 Å². The monoisotopic (exact) mass is 149 g/mol. The Labute approximate surface area is 58.9 Å². The first-order valence-electron chi connectivity index (χ1n) is 2.54. The predicted molar refractivity (Wildman–Crippen MR) is 38.4 cm³/mol. The van der Waals surface area contributed by atoms with E-state index in [9.17, 15) is 4.79 Å². The second-order valence-electron chi connectivity index (χ2n) is 1.58. The van der Waals surface area contributed by atoms with Crippen molar-refractivity contribution in [3.05, 3.63) is 0 Å². The van der Waals surface area contributed by atoms with Crippen LogP contribution in [-0.4, -0.2) is 31.1 Å². The molecule has 4 heteroatoms. The van der Waals surface area contributed by atoms with Crippen LogP contribution in [0.4, 0.5) is 0 Å². The molecule has 0 rings (SSSR count). The lowest BCUT2D eigenvalue weighted by Gasteiger charge is -2.05. The maximum Gasteiger partial charge on any atom is 0.323 e. The molecule has 0 aromatic rings. The Morgan fingerprint density at radius 1 is 1.89 bits per heavy atom. The molecule has 0 saturated heterocycles. The van der Waals surface area contributed by atoms with Gasteiger partial charge in [-0.05, 0) is 6.26 Å². The molecule has 0 aromatic heterocycles. The number of carbonyl (C=O) groups is 1. The van der Waals surface area contributed by atoms with Gasteiger partial charge < -0.3 is 10.5 Å². The number of thioether (sulfide) groups is 1. The minimum absolute atomic E-state index is 0.343. The van der Waals surface area contributed by atoms with Gasteiger partial charge in [0.1, 0.15) is 6.04 Å². The maximum atomic E-state index is 10.5. The standard InChI is InChI=1S/C5H11NO2S/c1-8-5(7)4(6)3-9-2/h4H,3,6H2,1-2H3/t4-/m1/s1. The van der Waals surface area contributed by atoms with E-state index in [0.29, 0.717) is 5.75 Å². The Morgan fingerprint density at radius 3 is 2.78 bits per heavy atom. The van der Waals surface area contributed by atoms with Crippen LogP contribution in [0.1, 0.15) is 0 Å². The van der Waals surface area contributed by atoms with Gasteiger partial charge >= 0.3 is 5.97 Å². The average molecular weight is 149 g/mol. The van der Waals surface area contributed by atoms with E-state index >= 15 is 0 Å². The summed E-state index contributed by atoms with van der Waals surface area (Å²) in [6, 6.07) is -0.468.